The van der Waals surface area contributed by atoms with E-state index in [1.165, 1.54) is 6.07 Å². The zero-order valence-corrected chi connectivity index (χ0v) is 5.00. The Labute approximate surface area is 56.2 Å². The molecule has 0 saturated heterocycles. The Kier molecular flexibility index (Phi) is 1.49. The summed E-state index contributed by atoms with van der Waals surface area (Å²) in [4.78, 5) is 20.4. The molecule has 0 spiro atoms. The minimum absolute atomic E-state index is 0.0714. The van der Waals surface area contributed by atoms with Crippen molar-refractivity contribution in [1.82, 2.24) is 10.2 Å². The summed E-state index contributed by atoms with van der Waals surface area (Å²) in [6.07, 6.45) is 0.555. The number of aromatic amines is 1. The second kappa shape index (κ2) is 2.30. The summed E-state index contributed by atoms with van der Waals surface area (Å²) in [6.45, 7) is 0. The molecule has 0 saturated carbocycles. The maximum Gasteiger partial charge on any atom is 0.269 e. The molecule has 5 heteroatoms. The molecule has 1 heterocycles. The molecule has 3 N–H and O–H groups in total. The second-order valence-corrected chi connectivity index (χ2v) is 1.69. The number of primary amides is 1. The van der Waals surface area contributed by atoms with Gasteiger partial charge in [-0.1, -0.05) is 0 Å². The molecule has 0 atom stereocenters. The van der Waals surface area contributed by atoms with Gasteiger partial charge in [0.25, 0.3) is 5.91 Å². The van der Waals surface area contributed by atoms with Crippen LogP contribution in [0.5, 0.6) is 0 Å². The first-order valence-electron chi connectivity index (χ1n) is 2.54. The maximum atomic E-state index is 10.4. The van der Waals surface area contributed by atoms with Gasteiger partial charge < -0.3 is 5.73 Å². The molecule has 52 valence electrons. The first-order chi connectivity index (χ1) is 4.74. The third-order valence-corrected chi connectivity index (χ3v) is 0.977. The Morgan fingerprint density at radius 2 is 2.50 bits per heavy atom. The van der Waals surface area contributed by atoms with Crippen LogP contribution in [0.25, 0.3) is 0 Å². The van der Waals surface area contributed by atoms with Gasteiger partial charge in [-0.15, -0.1) is 0 Å². The van der Waals surface area contributed by atoms with Gasteiger partial charge >= 0.3 is 0 Å². The average molecular weight is 139 g/mol. The second-order valence-electron chi connectivity index (χ2n) is 1.69. The SMILES string of the molecule is NC(=O)c1cc(C=O)[nH]n1. The van der Waals surface area contributed by atoms with Gasteiger partial charge in [-0.25, -0.2) is 0 Å². The van der Waals surface area contributed by atoms with Gasteiger partial charge in [0.1, 0.15) is 5.69 Å². The zero-order valence-electron chi connectivity index (χ0n) is 5.00. The monoisotopic (exact) mass is 139 g/mol. The summed E-state index contributed by atoms with van der Waals surface area (Å²) in [5.74, 6) is -0.649. The summed E-state index contributed by atoms with van der Waals surface area (Å²) in [5.41, 5.74) is 5.16. The number of nitrogens with zero attached hydrogens (tertiary/aromatic N) is 1. The van der Waals surface area contributed by atoms with Crippen molar-refractivity contribution in [3.05, 3.63) is 17.5 Å². The van der Waals surface area contributed by atoms with Gasteiger partial charge in [-0.3, -0.25) is 14.7 Å². The lowest BCUT2D eigenvalue weighted by molar-refractivity contribution is 0.0995. The normalized spacial score (nSPS) is 9.20. The maximum absolute atomic E-state index is 10.4. The predicted octanol–water partition coefficient (Wildman–Crippen LogP) is -0.679. The number of aromatic nitrogens is 2. The molecule has 0 radical (unpaired) electrons. The van der Waals surface area contributed by atoms with Crippen molar-refractivity contribution in [2.75, 3.05) is 0 Å². The van der Waals surface area contributed by atoms with Crippen LogP contribution in [0.4, 0.5) is 0 Å². The fourth-order valence-electron chi connectivity index (χ4n) is 0.523. The zero-order chi connectivity index (χ0) is 7.56. The fraction of sp³-hybridized carbons (Fsp3) is 0. The molecular formula is C5H5N3O2. The number of H-pyrrole nitrogens is 1. The highest BCUT2D eigenvalue weighted by Gasteiger charge is 2.03. The molecule has 0 aromatic carbocycles. The summed E-state index contributed by atoms with van der Waals surface area (Å²) < 4.78 is 0. The quantitative estimate of drug-likeness (QED) is 0.532. The third-order valence-electron chi connectivity index (χ3n) is 0.977. The van der Waals surface area contributed by atoms with Crippen LogP contribution in [0, 0.1) is 0 Å². The molecule has 0 aliphatic heterocycles. The van der Waals surface area contributed by atoms with Crippen LogP contribution in [-0.2, 0) is 0 Å². The number of carbonyl (C=O) groups is 2. The van der Waals surface area contributed by atoms with Crippen LogP contribution in [-0.4, -0.2) is 22.4 Å². The molecule has 1 amide bonds. The molecule has 1 aromatic heterocycles. The number of hydrogen-bond donors (Lipinski definition) is 2. The molecule has 1 aromatic rings. The van der Waals surface area contributed by atoms with E-state index in [4.69, 9.17) is 5.73 Å². The smallest absolute Gasteiger partial charge is 0.269 e. The van der Waals surface area contributed by atoms with E-state index in [0.29, 0.717) is 6.29 Å². The van der Waals surface area contributed by atoms with Crippen LogP contribution >= 0.6 is 0 Å². The van der Waals surface area contributed by atoms with Crippen molar-refractivity contribution in [2.45, 2.75) is 0 Å². The van der Waals surface area contributed by atoms with Crippen LogP contribution in [0.3, 0.4) is 0 Å². The van der Waals surface area contributed by atoms with Gasteiger partial charge in [-0.2, -0.15) is 5.10 Å². The number of nitrogens with two attached hydrogens (primary N) is 1. The Morgan fingerprint density at radius 1 is 1.80 bits per heavy atom. The van der Waals surface area contributed by atoms with E-state index >= 15 is 0 Å². The largest absolute Gasteiger partial charge is 0.364 e. The number of carbonyl (C=O) groups excluding carboxylic acids is 2. The van der Waals surface area contributed by atoms with Gasteiger partial charge in [-0.05, 0) is 6.07 Å². The van der Waals surface area contributed by atoms with Crippen molar-refractivity contribution in [3.8, 4) is 0 Å². The van der Waals surface area contributed by atoms with Gasteiger partial charge in [0, 0.05) is 0 Å². The Hall–Kier alpha value is -1.65. The molecule has 5 nitrogen and oxygen atoms in total. The molecule has 1 rings (SSSR count). The van der Waals surface area contributed by atoms with Gasteiger partial charge in [0.05, 0.1) is 5.69 Å². The van der Waals surface area contributed by atoms with Crippen LogP contribution in [0.15, 0.2) is 6.07 Å². The first-order valence-corrected chi connectivity index (χ1v) is 2.54. The Morgan fingerprint density at radius 3 is 2.80 bits per heavy atom. The first kappa shape index (κ1) is 6.47. The topological polar surface area (TPSA) is 88.8 Å². The predicted molar refractivity (Wildman–Crippen MR) is 32.5 cm³/mol. The summed E-state index contributed by atoms with van der Waals surface area (Å²) in [7, 11) is 0. The Balaban J connectivity index is 2.98. The van der Waals surface area contributed by atoms with E-state index in [1.54, 1.807) is 0 Å². The molecule has 0 unspecified atom stereocenters. The van der Waals surface area contributed by atoms with Gasteiger partial charge in [0.2, 0.25) is 0 Å². The molecular weight excluding hydrogens is 134 g/mol. The fourth-order valence-corrected chi connectivity index (χ4v) is 0.523. The van der Waals surface area contributed by atoms with Crippen molar-refractivity contribution in [1.29, 1.82) is 0 Å². The van der Waals surface area contributed by atoms with Crippen LogP contribution in [0.1, 0.15) is 21.0 Å². The van der Waals surface area contributed by atoms with E-state index in [9.17, 15) is 9.59 Å². The molecule has 10 heavy (non-hydrogen) atoms. The van der Waals surface area contributed by atoms with E-state index in [1.807, 2.05) is 0 Å². The lowest BCUT2D eigenvalue weighted by atomic mass is 10.4. The minimum atomic E-state index is -0.649. The highest BCUT2D eigenvalue weighted by atomic mass is 16.1. The Bertz CT molecular complexity index is 266. The molecule has 0 bridgehead atoms. The molecule has 0 aliphatic rings. The minimum Gasteiger partial charge on any atom is -0.364 e. The van der Waals surface area contributed by atoms with Crippen molar-refractivity contribution < 1.29 is 9.59 Å². The number of rotatable bonds is 2. The van der Waals surface area contributed by atoms with E-state index in [2.05, 4.69) is 10.2 Å². The van der Waals surface area contributed by atoms with Crippen molar-refractivity contribution in [2.24, 2.45) is 5.73 Å². The number of hydrogen-bond acceptors (Lipinski definition) is 3. The highest BCUT2D eigenvalue weighted by Crippen LogP contribution is 1.93. The lowest BCUT2D eigenvalue weighted by Crippen LogP contribution is -2.10. The number of amides is 1. The standard InChI is InChI=1S/C5H5N3O2/c6-5(10)4-1-3(2-9)7-8-4/h1-2H,(H2,6,10)(H,7,8). The molecule has 0 aliphatic carbocycles. The van der Waals surface area contributed by atoms with Crippen LogP contribution in [0.2, 0.25) is 0 Å². The average Bonchev–Trinajstić information content (AvgIpc) is 2.34. The molecule has 0 fully saturated rings. The summed E-state index contributed by atoms with van der Waals surface area (Å²) in [6, 6.07) is 1.29. The van der Waals surface area contributed by atoms with E-state index in [0.717, 1.165) is 0 Å². The third kappa shape index (κ3) is 1.02. The van der Waals surface area contributed by atoms with Gasteiger partial charge in [0.15, 0.2) is 6.29 Å². The number of nitrogens with one attached hydrogen (secondary N) is 1. The van der Waals surface area contributed by atoms with Crippen LogP contribution < -0.4 is 5.73 Å². The van der Waals surface area contributed by atoms with Crippen molar-refractivity contribution >= 4 is 12.2 Å². The summed E-state index contributed by atoms with van der Waals surface area (Å²) in [5, 5.41) is 5.77. The number of aldehydes is 1. The van der Waals surface area contributed by atoms with E-state index in [-0.39, 0.29) is 11.4 Å². The van der Waals surface area contributed by atoms with Crippen molar-refractivity contribution in [3.63, 3.8) is 0 Å². The summed E-state index contributed by atoms with van der Waals surface area (Å²) >= 11 is 0. The van der Waals surface area contributed by atoms with E-state index < -0.39 is 5.91 Å². The highest BCUT2D eigenvalue weighted by molar-refractivity contribution is 5.92. The lowest BCUT2D eigenvalue weighted by Gasteiger charge is -1.78.